The fourth-order valence-corrected chi connectivity index (χ4v) is 4.39. The number of aromatic nitrogens is 2. The first kappa shape index (κ1) is 23.7. The van der Waals surface area contributed by atoms with Crippen molar-refractivity contribution in [3.05, 3.63) is 122 Å². The zero-order chi connectivity index (χ0) is 26.3. The van der Waals surface area contributed by atoms with E-state index in [0.717, 1.165) is 20.3 Å². The van der Waals surface area contributed by atoms with Crippen molar-refractivity contribution in [2.24, 2.45) is 5.10 Å². The number of amides is 1. The van der Waals surface area contributed by atoms with Crippen LogP contribution in [0.1, 0.15) is 23.6 Å². The lowest BCUT2D eigenvalue weighted by molar-refractivity contribution is -0.114. The Hall–Kier alpha value is -4.98. The Bertz CT molecular complexity index is 1720. The summed E-state index contributed by atoms with van der Waals surface area (Å²) in [6.45, 7) is 5.51. The lowest BCUT2D eigenvalue weighted by atomic mass is 10.1. The number of hydrogen-bond acceptors (Lipinski definition) is 5. The summed E-state index contributed by atoms with van der Waals surface area (Å²) < 4.78 is 2.03. The molecule has 2 heterocycles. The molecule has 1 aliphatic rings. The molecule has 37 heavy (non-hydrogen) atoms. The van der Waals surface area contributed by atoms with Gasteiger partial charge < -0.3 is 5.11 Å². The molecule has 0 saturated heterocycles. The predicted octanol–water partition coefficient (Wildman–Crippen LogP) is 4.12. The average molecular weight is 493 g/mol. The number of carbonyl (C=O) groups is 1. The van der Waals surface area contributed by atoms with E-state index >= 15 is 0 Å². The first-order valence-electron chi connectivity index (χ1n) is 11.7. The summed E-state index contributed by atoms with van der Waals surface area (Å²) in [5, 5.41) is 16.9. The molecule has 4 aromatic rings. The van der Waals surface area contributed by atoms with Crippen LogP contribution in [-0.2, 0) is 4.79 Å². The first-order chi connectivity index (χ1) is 17.8. The number of carbonyl (C=O) groups excluding carboxylic acids is 1. The van der Waals surface area contributed by atoms with Gasteiger partial charge in [0.2, 0.25) is 5.88 Å². The molecular formula is C29H24N4O4. The van der Waals surface area contributed by atoms with Gasteiger partial charge in [-0.2, -0.15) is 10.1 Å². The molecule has 0 aliphatic carbocycles. The Morgan fingerprint density at radius 2 is 1.38 bits per heavy atom. The van der Waals surface area contributed by atoms with E-state index < -0.39 is 23.0 Å². The summed E-state index contributed by atoms with van der Waals surface area (Å²) in [5.74, 6) is -1.00. The third-order valence-corrected chi connectivity index (χ3v) is 6.23. The van der Waals surface area contributed by atoms with Gasteiger partial charge in [-0.1, -0.05) is 54.1 Å². The molecule has 0 saturated carbocycles. The smallest absolute Gasteiger partial charge is 0.343 e. The molecule has 1 aliphatic heterocycles. The standard InChI is InChI=1S/C29H24N4O4/c1-18-14-15-25(19(2)16-18)33-28(36)23(20(3)30-33)17-24-26(34)31(21-10-6-4-7-11-21)29(37)32(27(24)35)22-12-8-5-9-13-22/h4-17,34H,1-3H3/b23-17-. The van der Waals surface area contributed by atoms with Gasteiger partial charge in [-0.25, -0.2) is 13.9 Å². The van der Waals surface area contributed by atoms with Gasteiger partial charge in [-0.05, 0) is 62.7 Å². The minimum atomic E-state index is -0.751. The van der Waals surface area contributed by atoms with E-state index in [4.69, 9.17) is 0 Å². The number of nitrogens with zero attached hydrogens (tertiary/aromatic N) is 4. The highest BCUT2D eigenvalue weighted by Gasteiger charge is 2.31. The molecule has 184 valence electrons. The Morgan fingerprint density at radius 1 is 0.784 bits per heavy atom. The number of aromatic hydroxyl groups is 1. The SMILES string of the molecule is CC1=NN(c2ccc(C)cc2C)C(=O)/C1=C\c1c(O)n(-c2ccccc2)c(=O)n(-c2ccccc2)c1=O. The van der Waals surface area contributed by atoms with Crippen molar-refractivity contribution in [3.8, 4) is 17.3 Å². The van der Waals surface area contributed by atoms with Crippen LogP contribution >= 0.6 is 0 Å². The molecule has 1 amide bonds. The van der Waals surface area contributed by atoms with Crippen LogP contribution in [0.2, 0.25) is 0 Å². The fraction of sp³-hybridized carbons (Fsp3) is 0.103. The van der Waals surface area contributed by atoms with Crippen molar-refractivity contribution in [2.45, 2.75) is 20.8 Å². The summed E-state index contributed by atoms with van der Waals surface area (Å²) in [4.78, 5) is 40.5. The van der Waals surface area contributed by atoms with Gasteiger partial charge in [0.05, 0.1) is 28.3 Å². The highest BCUT2D eigenvalue weighted by molar-refractivity contribution is 6.32. The molecule has 3 aromatic carbocycles. The Kier molecular flexibility index (Phi) is 5.93. The van der Waals surface area contributed by atoms with Gasteiger partial charge in [0.1, 0.15) is 5.56 Å². The third kappa shape index (κ3) is 4.08. The largest absolute Gasteiger partial charge is 0.494 e. The minimum absolute atomic E-state index is 0.144. The molecule has 8 heteroatoms. The average Bonchev–Trinajstić information content (AvgIpc) is 3.16. The number of hydrazone groups is 1. The van der Waals surface area contributed by atoms with Crippen molar-refractivity contribution in [2.75, 3.05) is 5.01 Å². The van der Waals surface area contributed by atoms with Crippen LogP contribution in [0.25, 0.3) is 17.5 Å². The molecule has 0 radical (unpaired) electrons. The summed E-state index contributed by atoms with van der Waals surface area (Å²) in [7, 11) is 0. The van der Waals surface area contributed by atoms with Gasteiger partial charge in [-0.3, -0.25) is 9.59 Å². The highest BCUT2D eigenvalue weighted by Crippen LogP contribution is 2.29. The van der Waals surface area contributed by atoms with E-state index in [0.29, 0.717) is 22.8 Å². The second-order valence-corrected chi connectivity index (χ2v) is 8.82. The monoisotopic (exact) mass is 492 g/mol. The molecule has 1 N–H and O–H groups in total. The van der Waals surface area contributed by atoms with Crippen molar-refractivity contribution in [3.63, 3.8) is 0 Å². The molecule has 5 rings (SSSR count). The summed E-state index contributed by atoms with van der Waals surface area (Å²) in [6, 6.07) is 22.6. The van der Waals surface area contributed by atoms with Crippen LogP contribution in [0.5, 0.6) is 5.88 Å². The maximum absolute atomic E-state index is 13.6. The van der Waals surface area contributed by atoms with Gasteiger partial charge >= 0.3 is 5.69 Å². The zero-order valence-corrected chi connectivity index (χ0v) is 20.5. The quantitative estimate of drug-likeness (QED) is 0.434. The molecule has 0 atom stereocenters. The van der Waals surface area contributed by atoms with Crippen molar-refractivity contribution >= 4 is 23.4 Å². The van der Waals surface area contributed by atoms with Crippen LogP contribution in [0.4, 0.5) is 5.69 Å². The molecule has 0 bridgehead atoms. The lowest BCUT2D eigenvalue weighted by Gasteiger charge is -2.16. The number of para-hydroxylation sites is 2. The molecule has 8 nitrogen and oxygen atoms in total. The van der Waals surface area contributed by atoms with E-state index in [2.05, 4.69) is 5.10 Å². The predicted molar refractivity (Wildman–Crippen MR) is 144 cm³/mol. The Morgan fingerprint density at radius 3 is 1.97 bits per heavy atom. The second-order valence-electron chi connectivity index (χ2n) is 8.82. The number of anilines is 1. The van der Waals surface area contributed by atoms with Crippen LogP contribution in [0.15, 0.2) is 99.1 Å². The van der Waals surface area contributed by atoms with Crippen LogP contribution < -0.4 is 16.3 Å². The third-order valence-electron chi connectivity index (χ3n) is 6.23. The van der Waals surface area contributed by atoms with E-state index in [1.54, 1.807) is 67.6 Å². The molecule has 0 fully saturated rings. The number of hydrogen-bond donors (Lipinski definition) is 1. The van der Waals surface area contributed by atoms with Gasteiger partial charge in [-0.15, -0.1) is 0 Å². The minimum Gasteiger partial charge on any atom is -0.494 e. The van der Waals surface area contributed by atoms with Gasteiger partial charge in [0, 0.05) is 0 Å². The van der Waals surface area contributed by atoms with Gasteiger partial charge in [0.15, 0.2) is 0 Å². The Labute approximate surface area is 212 Å². The van der Waals surface area contributed by atoms with Crippen LogP contribution in [0.3, 0.4) is 0 Å². The molecule has 0 unspecified atom stereocenters. The van der Waals surface area contributed by atoms with Crippen molar-refractivity contribution < 1.29 is 9.90 Å². The number of benzene rings is 3. The molecular weight excluding hydrogens is 468 g/mol. The lowest BCUT2D eigenvalue weighted by Crippen LogP contribution is -2.39. The summed E-state index contributed by atoms with van der Waals surface area (Å²) in [5.41, 5.74) is 2.10. The fourth-order valence-electron chi connectivity index (χ4n) is 4.39. The van der Waals surface area contributed by atoms with E-state index in [1.165, 1.54) is 11.1 Å². The van der Waals surface area contributed by atoms with Crippen molar-refractivity contribution in [1.29, 1.82) is 0 Å². The Balaban J connectivity index is 1.73. The van der Waals surface area contributed by atoms with Crippen LogP contribution in [-0.4, -0.2) is 25.9 Å². The number of aryl methyl sites for hydroxylation is 2. The first-order valence-corrected chi connectivity index (χ1v) is 11.7. The normalized spacial score (nSPS) is 14.4. The second kappa shape index (κ2) is 9.23. The maximum Gasteiger partial charge on any atom is 0.343 e. The van der Waals surface area contributed by atoms with Crippen molar-refractivity contribution in [1.82, 2.24) is 9.13 Å². The summed E-state index contributed by atoms with van der Waals surface area (Å²) in [6.07, 6.45) is 1.31. The van der Waals surface area contributed by atoms with E-state index in [9.17, 15) is 19.5 Å². The number of rotatable bonds is 4. The van der Waals surface area contributed by atoms with Crippen LogP contribution in [0, 0.1) is 13.8 Å². The van der Waals surface area contributed by atoms with Gasteiger partial charge in [0.25, 0.3) is 11.5 Å². The summed E-state index contributed by atoms with van der Waals surface area (Å²) >= 11 is 0. The molecule has 1 aromatic heterocycles. The molecule has 0 spiro atoms. The zero-order valence-electron chi connectivity index (χ0n) is 20.5. The topological polar surface area (TPSA) is 96.9 Å². The van der Waals surface area contributed by atoms with E-state index in [-0.39, 0.29) is 11.1 Å². The maximum atomic E-state index is 13.6. The van der Waals surface area contributed by atoms with E-state index in [1.807, 2.05) is 32.0 Å². The highest BCUT2D eigenvalue weighted by atomic mass is 16.3.